The standard InChI is InChI=1S/C15H27N3O2/c1-5-9-16-12(11(2)3)10-13-17-14(18-20-13)15(19-4)7-6-8-15/h11-12,16H,5-10H2,1-4H3. The third-order valence-corrected chi connectivity index (χ3v) is 4.28. The summed E-state index contributed by atoms with van der Waals surface area (Å²) in [6.07, 6.45) is 5.06. The molecule has 0 amide bonds. The number of rotatable bonds is 8. The summed E-state index contributed by atoms with van der Waals surface area (Å²) in [5.41, 5.74) is -0.286. The highest BCUT2D eigenvalue weighted by Crippen LogP contribution is 2.42. The summed E-state index contributed by atoms with van der Waals surface area (Å²) < 4.78 is 11.0. The van der Waals surface area contributed by atoms with Crippen molar-refractivity contribution in [3.63, 3.8) is 0 Å². The van der Waals surface area contributed by atoms with Gasteiger partial charge in [-0.05, 0) is 38.1 Å². The zero-order chi connectivity index (χ0) is 14.6. The molecule has 0 bridgehead atoms. The van der Waals surface area contributed by atoms with Gasteiger partial charge in [0.2, 0.25) is 11.7 Å². The maximum Gasteiger partial charge on any atom is 0.228 e. The second-order valence-corrected chi connectivity index (χ2v) is 6.07. The highest BCUT2D eigenvalue weighted by atomic mass is 16.5. The van der Waals surface area contributed by atoms with E-state index in [1.165, 1.54) is 6.42 Å². The third kappa shape index (κ3) is 3.20. The summed E-state index contributed by atoms with van der Waals surface area (Å²) in [5, 5.41) is 7.68. The molecule has 1 unspecified atom stereocenters. The second kappa shape index (κ2) is 6.68. The first-order chi connectivity index (χ1) is 9.61. The molecule has 1 fully saturated rings. The van der Waals surface area contributed by atoms with Crippen LogP contribution in [0.15, 0.2) is 4.52 Å². The van der Waals surface area contributed by atoms with E-state index in [1.807, 2.05) is 0 Å². The second-order valence-electron chi connectivity index (χ2n) is 6.07. The van der Waals surface area contributed by atoms with Gasteiger partial charge in [0.15, 0.2) is 0 Å². The topological polar surface area (TPSA) is 60.2 Å². The van der Waals surface area contributed by atoms with E-state index < -0.39 is 0 Å². The number of methoxy groups -OCH3 is 1. The molecule has 1 aliphatic rings. The van der Waals surface area contributed by atoms with Crippen LogP contribution in [0.5, 0.6) is 0 Å². The Bertz CT molecular complexity index is 407. The van der Waals surface area contributed by atoms with Crippen molar-refractivity contribution in [1.82, 2.24) is 15.5 Å². The van der Waals surface area contributed by atoms with Crippen LogP contribution in [0.2, 0.25) is 0 Å². The van der Waals surface area contributed by atoms with Crippen LogP contribution in [0.1, 0.15) is 58.2 Å². The van der Waals surface area contributed by atoms with Gasteiger partial charge in [-0.15, -0.1) is 0 Å². The fraction of sp³-hybridized carbons (Fsp3) is 0.867. The summed E-state index contributed by atoms with van der Waals surface area (Å²) in [4.78, 5) is 4.56. The normalized spacial score (nSPS) is 19.1. The number of nitrogens with one attached hydrogen (secondary N) is 1. The Kier molecular flexibility index (Phi) is 5.16. The van der Waals surface area contributed by atoms with Crippen molar-refractivity contribution in [3.05, 3.63) is 11.7 Å². The molecule has 114 valence electrons. The van der Waals surface area contributed by atoms with Crippen LogP contribution in [0.3, 0.4) is 0 Å². The van der Waals surface area contributed by atoms with Gasteiger partial charge in [-0.25, -0.2) is 0 Å². The molecule has 0 spiro atoms. The molecule has 1 saturated carbocycles. The van der Waals surface area contributed by atoms with Crippen molar-refractivity contribution in [2.24, 2.45) is 5.92 Å². The quantitative estimate of drug-likeness (QED) is 0.794. The molecule has 1 N–H and O–H groups in total. The average Bonchev–Trinajstić information content (AvgIpc) is 2.82. The molecule has 5 heteroatoms. The minimum Gasteiger partial charge on any atom is -0.370 e. The van der Waals surface area contributed by atoms with E-state index in [9.17, 15) is 0 Å². The van der Waals surface area contributed by atoms with E-state index in [4.69, 9.17) is 9.26 Å². The van der Waals surface area contributed by atoms with Gasteiger partial charge < -0.3 is 14.6 Å². The van der Waals surface area contributed by atoms with Gasteiger partial charge in [-0.1, -0.05) is 25.9 Å². The maximum atomic E-state index is 5.59. The Labute approximate surface area is 121 Å². The molecule has 1 aliphatic carbocycles. The lowest BCUT2D eigenvalue weighted by Crippen LogP contribution is -2.38. The van der Waals surface area contributed by atoms with E-state index in [-0.39, 0.29) is 5.60 Å². The smallest absolute Gasteiger partial charge is 0.228 e. The Morgan fingerprint density at radius 2 is 2.15 bits per heavy atom. The largest absolute Gasteiger partial charge is 0.370 e. The van der Waals surface area contributed by atoms with E-state index in [0.717, 1.165) is 38.1 Å². The van der Waals surface area contributed by atoms with E-state index in [2.05, 4.69) is 36.2 Å². The minimum absolute atomic E-state index is 0.286. The molecule has 1 aromatic rings. The Morgan fingerprint density at radius 1 is 1.40 bits per heavy atom. The molecule has 2 rings (SSSR count). The number of hydrogen-bond donors (Lipinski definition) is 1. The van der Waals surface area contributed by atoms with Gasteiger partial charge in [0.25, 0.3) is 0 Å². The highest BCUT2D eigenvalue weighted by Gasteiger charge is 2.43. The zero-order valence-electron chi connectivity index (χ0n) is 13.1. The summed E-state index contributed by atoms with van der Waals surface area (Å²) in [7, 11) is 1.73. The summed E-state index contributed by atoms with van der Waals surface area (Å²) in [5.74, 6) is 1.97. The van der Waals surface area contributed by atoms with Gasteiger partial charge in [0.05, 0.1) is 0 Å². The first-order valence-corrected chi connectivity index (χ1v) is 7.73. The molecule has 0 aliphatic heterocycles. The van der Waals surface area contributed by atoms with Gasteiger partial charge >= 0.3 is 0 Å². The summed E-state index contributed by atoms with van der Waals surface area (Å²) in [6, 6.07) is 0.378. The SMILES string of the molecule is CCCNC(Cc1nc(C2(OC)CCC2)no1)C(C)C. The van der Waals surface area contributed by atoms with Crippen molar-refractivity contribution in [3.8, 4) is 0 Å². The van der Waals surface area contributed by atoms with Gasteiger partial charge in [0.1, 0.15) is 5.60 Å². The maximum absolute atomic E-state index is 5.59. The Balaban J connectivity index is 2.00. The lowest BCUT2D eigenvalue weighted by atomic mass is 9.79. The number of ether oxygens (including phenoxy) is 1. The van der Waals surface area contributed by atoms with Crippen LogP contribution >= 0.6 is 0 Å². The Hall–Kier alpha value is -0.940. The number of hydrogen-bond acceptors (Lipinski definition) is 5. The molecule has 5 nitrogen and oxygen atoms in total. The molecular formula is C15H27N3O2. The predicted octanol–water partition coefficient (Wildman–Crippen LogP) is 2.66. The molecular weight excluding hydrogens is 254 g/mol. The van der Waals surface area contributed by atoms with Crippen LogP contribution in [-0.4, -0.2) is 29.8 Å². The number of nitrogens with zero attached hydrogens (tertiary/aromatic N) is 2. The van der Waals surface area contributed by atoms with Crippen LogP contribution in [0.4, 0.5) is 0 Å². The van der Waals surface area contributed by atoms with Crippen molar-refractivity contribution in [2.75, 3.05) is 13.7 Å². The Morgan fingerprint density at radius 3 is 2.65 bits per heavy atom. The monoisotopic (exact) mass is 281 g/mol. The lowest BCUT2D eigenvalue weighted by Gasteiger charge is -2.37. The van der Waals surface area contributed by atoms with Crippen LogP contribution < -0.4 is 5.32 Å². The first-order valence-electron chi connectivity index (χ1n) is 7.73. The molecule has 0 saturated heterocycles. The molecule has 20 heavy (non-hydrogen) atoms. The fourth-order valence-corrected chi connectivity index (χ4v) is 2.60. The predicted molar refractivity (Wildman–Crippen MR) is 77.5 cm³/mol. The van der Waals surface area contributed by atoms with E-state index in [1.54, 1.807) is 7.11 Å². The average molecular weight is 281 g/mol. The molecule has 1 heterocycles. The molecule has 0 radical (unpaired) electrons. The van der Waals surface area contributed by atoms with Crippen LogP contribution in [0.25, 0.3) is 0 Å². The molecule has 1 aromatic heterocycles. The summed E-state index contributed by atoms with van der Waals surface area (Å²) >= 11 is 0. The molecule has 0 aromatic carbocycles. The minimum atomic E-state index is -0.286. The first kappa shape index (κ1) is 15.4. The zero-order valence-corrected chi connectivity index (χ0v) is 13.1. The molecule has 1 atom stereocenters. The number of aromatic nitrogens is 2. The lowest BCUT2D eigenvalue weighted by molar-refractivity contribution is -0.0858. The van der Waals surface area contributed by atoms with Crippen molar-refractivity contribution < 1.29 is 9.26 Å². The highest BCUT2D eigenvalue weighted by molar-refractivity contribution is 5.07. The van der Waals surface area contributed by atoms with Crippen LogP contribution in [-0.2, 0) is 16.8 Å². The third-order valence-electron chi connectivity index (χ3n) is 4.28. The van der Waals surface area contributed by atoms with Gasteiger partial charge in [-0.3, -0.25) is 0 Å². The van der Waals surface area contributed by atoms with Gasteiger partial charge in [-0.2, -0.15) is 4.98 Å². The van der Waals surface area contributed by atoms with Gasteiger partial charge in [0, 0.05) is 19.6 Å². The van der Waals surface area contributed by atoms with E-state index >= 15 is 0 Å². The fourth-order valence-electron chi connectivity index (χ4n) is 2.60. The summed E-state index contributed by atoms with van der Waals surface area (Å²) in [6.45, 7) is 7.63. The van der Waals surface area contributed by atoms with Crippen molar-refractivity contribution in [2.45, 2.75) is 64.5 Å². The van der Waals surface area contributed by atoms with Crippen LogP contribution in [0, 0.1) is 5.92 Å². The van der Waals surface area contributed by atoms with E-state index in [0.29, 0.717) is 17.9 Å². The van der Waals surface area contributed by atoms with Crippen molar-refractivity contribution in [1.29, 1.82) is 0 Å². The van der Waals surface area contributed by atoms with Crippen molar-refractivity contribution >= 4 is 0 Å².